The highest BCUT2D eigenvalue weighted by Gasteiger charge is 2.31. The Morgan fingerprint density at radius 3 is 3.06 bits per heavy atom. The molecule has 2 rings (SSSR count). The van der Waals surface area contributed by atoms with E-state index < -0.39 is 0 Å². The van der Waals surface area contributed by atoms with Crippen LogP contribution in [-0.2, 0) is 6.54 Å². The van der Waals surface area contributed by atoms with E-state index in [9.17, 15) is 4.79 Å². The number of carbonyl (C=O) groups is 1. The van der Waals surface area contributed by atoms with Crippen molar-refractivity contribution in [3.8, 4) is 0 Å². The molecule has 0 saturated carbocycles. The van der Waals surface area contributed by atoms with E-state index >= 15 is 0 Å². The van der Waals surface area contributed by atoms with E-state index in [1.165, 1.54) is 0 Å². The van der Waals surface area contributed by atoms with Crippen LogP contribution >= 0.6 is 0 Å². The van der Waals surface area contributed by atoms with Gasteiger partial charge >= 0.3 is 0 Å². The number of amides is 1. The summed E-state index contributed by atoms with van der Waals surface area (Å²) in [5, 5.41) is 10.7. The third-order valence-corrected chi connectivity index (χ3v) is 3.22. The number of nitrogens with zero attached hydrogens (tertiary/aromatic N) is 2. The molecular formula is C12H20N4O. The van der Waals surface area contributed by atoms with E-state index in [0.717, 1.165) is 25.2 Å². The number of rotatable bonds is 3. The largest absolute Gasteiger partial charge is 0.344 e. The lowest BCUT2D eigenvalue weighted by molar-refractivity contribution is 0.0902. The summed E-state index contributed by atoms with van der Waals surface area (Å²) in [6.07, 6.45) is 0.970. The van der Waals surface area contributed by atoms with Crippen LogP contribution in [-0.4, -0.2) is 34.3 Å². The Balaban J connectivity index is 2.13. The van der Waals surface area contributed by atoms with Crippen LogP contribution in [0.3, 0.4) is 0 Å². The molecule has 94 valence electrons. The van der Waals surface area contributed by atoms with Crippen molar-refractivity contribution < 1.29 is 4.79 Å². The predicted octanol–water partition coefficient (Wildman–Crippen LogP) is 0.693. The molecule has 17 heavy (non-hydrogen) atoms. The molecule has 0 aliphatic carbocycles. The van der Waals surface area contributed by atoms with Gasteiger partial charge in [0.1, 0.15) is 5.69 Å². The summed E-state index contributed by atoms with van der Waals surface area (Å²) in [5.41, 5.74) is 1.40. The molecule has 1 aliphatic heterocycles. The van der Waals surface area contributed by atoms with E-state index in [-0.39, 0.29) is 11.4 Å². The second-order valence-electron chi connectivity index (χ2n) is 4.93. The summed E-state index contributed by atoms with van der Waals surface area (Å²) in [4.78, 5) is 12.2. The van der Waals surface area contributed by atoms with Gasteiger partial charge in [-0.05, 0) is 39.8 Å². The average molecular weight is 236 g/mol. The lowest BCUT2D eigenvalue weighted by Gasteiger charge is -2.24. The number of carbonyl (C=O) groups excluding carboxylic acids is 1. The summed E-state index contributed by atoms with van der Waals surface area (Å²) >= 11 is 0. The second kappa shape index (κ2) is 4.49. The average Bonchev–Trinajstić information content (AvgIpc) is 2.84. The van der Waals surface area contributed by atoms with Gasteiger partial charge in [0.05, 0.1) is 11.2 Å². The van der Waals surface area contributed by atoms with Gasteiger partial charge in [-0.2, -0.15) is 5.10 Å². The van der Waals surface area contributed by atoms with Crippen LogP contribution in [0.15, 0.2) is 6.07 Å². The first-order valence-electron chi connectivity index (χ1n) is 6.12. The Labute approximate surface area is 102 Å². The summed E-state index contributed by atoms with van der Waals surface area (Å²) in [6.45, 7) is 8.47. The summed E-state index contributed by atoms with van der Waals surface area (Å²) < 4.78 is 1.75. The lowest BCUT2D eigenvalue weighted by atomic mass is 10.0. The van der Waals surface area contributed by atoms with Gasteiger partial charge < -0.3 is 10.6 Å². The first-order chi connectivity index (χ1) is 8.04. The van der Waals surface area contributed by atoms with Crippen LogP contribution in [0.25, 0.3) is 0 Å². The zero-order chi connectivity index (χ0) is 12.5. The van der Waals surface area contributed by atoms with Crippen LogP contribution < -0.4 is 10.6 Å². The molecule has 0 spiro atoms. The Morgan fingerprint density at radius 1 is 1.71 bits per heavy atom. The molecule has 2 N–H and O–H groups in total. The van der Waals surface area contributed by atoms with Crippen molar-refractivity contribution in [2.75, 3.05) is 13.1 Å². The fourth-order valence-electron chi connectivity index (χ4n) is 2.23. The molecule has 1 fully saturated rings. The van der Waals surface area contributed by atoms with E-state index in [0.29, 0.717) is 12.2 Å². The van der Waals surface area contributed by atoms with Gasteiger partial charge in [0.25, 0.3) is 5.91 Å². The maximum absolute atomic E-state index is 12.2. The molecule has 1 unspecified atom stereocenters. The van der Waals surface area contributed by atoms with Crippen molar-refractivity contribution in [1.82, 2.24) is 20.4 Å². The fraction of sp³-hybridized carbons (Fsp3) is 0.667. The van der Waals surface area contributed by atoms with Gasteiger partial charge in [-0.25, -0.2) is 0 Å². The number of nitrogens with one attached hydrogen (secondary N) is 2. The number of hydrogen-bond donors (Lipinski definition) is 2. The topological polar surface area (TPSA) is 59.0 Å². The van der Waals surface area contributed by atoms with Gasteiger partial charge in [-0.3, -0.25) is 9.48 Å². The maximum Gasteiger partial charge on any atom is 0.270 e. The highest BCUT2D eigenvalue weighted by atomic mass is 16.2. The first kappa shape index (κ1) is 12.1. The van der Waals surface area contributed by atoms with Crippen molar-refractivity contribution in [2.45, 2.75) is 39.3 Å². The van der Waals surface area contributed by atoms with Gasteiger partial charge in [-0.1, -0.05) is 0 Å². The predicted molar refractivity (Wildman–Crippen MR) is 66.0 cm³/mol. The molecule has 2 heterocycles. The minimum absolute atomic E-state index is 0.0290. The number of hydrogen-bond acceptors (Lipinski definition) is 3. The molecule has 1 aromatic heterocycles. The fourth-order valence-corrected chi connectivity index (χ4v) is 2.23. The van der Waals surface area contributed by atoms with E-state index in [1.807, 2.05) is 19.9 Å². The molecule has 1 saturated heterocycles. The Hall–Kier alpha value is -1.36. The summed E-state index contributed by atoms with van der Waals surface area (Å²) in [6, 6.07) is 1.84. The van der Waals surface area contributed by atoms with Gasteiger partial charge in [0, 0.05) is 13.1 Å². The Bertz CT molecular complexity index is 418. The maximum atomic E-state index is 12.2. The van der Waals surface area contributed by atoms with Crippen LogP contribution in [0.2, 0.25) is 0 Å². The highest BCUT2D eigenvalue weighted by molar-refractivity contribution is 5.93. The quantitative estimate of drug-likeness (QED) is 0.812. The lowest BCUT2D eigenvalue weighted by Crippen LogP contribution is -2.48. The van der Waals surface area contributed by atoms with Crippen molar-refractivity contribution in [3.05, 3.63) is 17.5 Å². The van der Waals surface area contributed by atoms with E-state index in [2.05, 4.69) is 22.7 Å². The SMILES string of the molecule is CCn1nc(C)cc1C(=O)NC1(C)CCNC1. The van der Waals surface area contributed by atoms with Gasteiger partial charge in [-0.15, -0.1) is 0 Å². The standard InChI is InChI=1S/C12H20N4O/c1-4-16-10(7-9(2)15-16)11(17)14-12(3)5-6-13-8-12/h7,13H,4-6,8H2,1-3H3,(H,14,17). The van der Waals surface area contributed by atoms with Gasteiger partial charge in [0.15, 0.2) is 0 Å². The van der Waals surface area contributed by atoms with Crippen LogP contribution in [0.5, 0.6) is 0 Å². The summed E-state index contributed by atoms with van der Waals surface area (Å²) in [7, 11) is 0. The minimum atomic E-state index is -0.131. The smallest absolute Gasteiger partial charge is 0.270 e. The van der Waals surface area contributed by atoms with E-state index in [4.69, 9.17) is 0 Å². The molecule has 1 amide bonds. The van der Waals surface area contributed by atoms with Crippen molar-refractivity contribution in [3.63, 3.8) is 0 Å². The van der Waals surface area contributed by atoms with Crippen LogP contribution in [0, 0.1) is 6.92 Å². The Kier molecular flexibility index (Phi) is 3.19. The van der Waals surface area contributed by atoms with Crippen molar-refractivity contribution >= 4 is 5.91 Å². The third kappa shape index (κ3) is 2.49. The van der Waals surface area contributed by atoms with Crippen molar-refractivity contribution in [2.24, 2.45) is 0 Å². The highest BCUT2D eigenvalue weighted by Crippen LogP contribution is 2.14. The number of aromatic nitrogens is 2. The summed E-state index contributed by atoms with van der Waals surface area (Å²) in [5.74, 6) is -0.0290. The molecule has 0 aromatic carbocycles. The van der Waals surface area contributed by atoms with E-state index in [1.54, 1.807) is 4.68 Å². The molecule has 1 atom stereocenters. The zero-order valence-corrected chi connectivity index (χ0v) is 10.7. The monoisotopic (exact) mass is 236 g/mol. The molecule has 5 heteroatoms. The zero-order valence-electron chi connectivity index (χ0n) is 10.7. The van der Waals surface area contributed by atoms with Crippen molar-refractivity contribution in [1.29, 1.82) is 0 Å². The second-order valence-corrected chi connectivity index (χ2v) is 4.93. The molecular weight excluding hydrogens is 216 g/mol. The molecule has 5 nitrogen and oxygen atoms in total. The molecule has 1 aromatic rings. The molecule has 0 radical (unpaired) electrons. The normalized spacial score (nSPS) is 23.9. The van der Waals surface area contributed by atoms with Crippen LogP contribution in [0.1, 0.15) is 36.5 Å². The van der Waals surface area contributed by atoms with Crippen LogP contribution in [0.4, 0.5) is 0 Å². The molecule has 1 aliphatic rings. The first-order valence-corrected chi connectivity index (χ1v) is 6.12. The molecule has 0 bridgehead atoms. The third-order valence-electron chi connectivity index (χ3n) is 3.22. The number of aryl methyl sites for hydroxylation is 2. The Morgan fingerprint density at radius 2 is 2.47 bits per heavy atom. The minimum Gasteiger partial charge on any atom is -0.344 e. The van der Waals surface area contributed by atoms with Gasteiger partial charge in [0.2, 0.25) is 0 Å².